The first kappa shape index (κ1) is 14.1. The molecule has 0 amide bonds. The van der Waals surface area contributed by atoms with Gasteiger partial charge in [0.15, 0.2) is 11.2 Å². The first-order valence-electron chi connectivity index (χ1n) is 7.20. The third-order valence-electron chi connectivity index (χ3n) is 3.90. The lowest BCUT2D eigenvalue weighted by atomic mass is 10.3. The number of nitrogens with one attached hydrogen (secondary N) is 1. The molecule has 0 saturated carbocycles. The second kappa shape index (κ2) is 5.01. The Bertz CT molecular complexity index is 1220. The number of aromatic amines is 1. The van der Waals surface area contributed by atoms with Crippen molar-refractivity contribution >= 4 is 28.0 Å². The summed E-state index contributed by atoms with van der Waals surface area (Å²) in [5.41, 5.74) is 0.466. The maximum Gasteiger partial charge on any atom is 0.332 e. The first-order valence-corrected chi connectivity index (χ1v) is 7.20. The van der Waals surface area contributed by atoms with Gasteiger partial charge in [-0.3, -0.25) is 13.9 Å². The first-order chi connectivity index (χ1) is 11.6. The summed E-state index contributed by atoms with van der Waals surface area (Å²) >= 11 is 0. The molecular weight excluding hydrogens is 310 g/mol. The van der Waals surface area contributed by atoms with Crippen molar-refractivity contribution in [2.24, 2.45) is 24.4 Å². The van der Waals surface area contributed by atoms with Crippen LogP contribution in [0.1, 0.15) is 0 Å². The highest BCUT2D eigenvalue weighted by molar-refractivity contribution is 5.79. The molecule has 1 N–H and O–H groups in total. The van der Waals surface area contributed by atoms with Gasteiger partial charge in [0.1, 0.15) is 0 Å². The quantitative estimate of drug-likeness (QED) is 0.565. The number of H-pyrrole nitrogens is 1. The molecule has 0 unspecified atom stereocenters. The van der Waals surface area contributed by atoms with E-state index in [1.807, 2.05) is 30.3 Å². The molecule has 0 spiro atoms. The summed E-state index contributed by atoms with van der Waals surface area (Å²) in [6.07, 6.45) is 1.78. The predicted octanol–water partition coefficient (Wildman–Crippen LogP) is 1.46. The van der Waals surface area contributed by atoms with E-state index in [1.165, 1.54) is 11.6 Å². The Morgan fingerprint density at radius 3 is 2.71 bits per heavy atom. The van der Waals surface area contributed by atoms with Gasteiger partial charge >= 0.3 is 5.69 Å². The van der Waals surface area contributed by atoms with Crippen molar-refractivity contribution in [1.29, 1.82) is 0 Å². The van der Waals surface area contributed by atoms with Crippen LogP contribution >= 0.6 is 0 Å². The Balaban J connectivity index is 1.83. The molecule has 24 heavy (non-hydrogen) atoms. The predicted molar refractivity (Wildman–Crippen MR) is 88.4 cm³/mol. The van der Waals surface area contributed by atoms with Crippen molar-refractivity contribution in [3.63, 3.8) is 0 Å². The zero-order valence-electron chi connectivity index (χ0n) is 13.0. The van der Waals surface area contributed by atoms with Gasteiger partial charge in [-0.05, 0) is 12.1 Å². The average molecular weight is 323 g/mol. The minimum absolute atomic E-state index is 0.154. The number of fused-ring (bicyclic) bond motifs is 2. The van der Waals surface area contributed by atoms with Crippen LogP contribution in [0.2, 0.25) is 0 Å². The van der Waals surface area contributed by atoms with Crippen LogP contribution in [0.3, 0.4) is 0 Å². The van der Waals surface area contributed by atoms with Gasteiger partial charge in [-0.25, -0.2) is 9.47 Å². The number of nitrogens with zero attached hydrogens (tertiary/aromatic N) is 6. The molecule has 0 aliphatic rings. The Labute approximate surface area is 134 Å². The SMILES string of the molecule is Cn1c(=O)c2[nH]c(/N=N/n3ccc4ccccc43)nc2n(C)c1=O. The molecular formula is C15H13N7O2. The fourth-order valence-corrected chi connectivity index (χ4v) is 2.60. The molecule has 120 valence electrons. The molecule has 0 aliphatic heterocycles. The minimum atomic E-state index is -0.450. The molecule has 0 bridgehead atoms. The van der Waals surface area contributed by atoms with E-state index in [0.717, 1.165) is 15.5 Å². The third kappa shape index (κ3) is 1.98. The minimum Gasteiger partial charge on any atom is -0.315 e. The van der Waals surface area contributed by atoms with E-state index in [4.69, 9.17) is 0 Å². The van der Waals surface area contributed by atoms with E-state index < -0.39 is 11.2 Å². The van der Waals surface area contributed by atoms with E-state index in [-0.39, 0.29) is 17.1 Å². The summed E-state index contributed by atoms with van der Waals surface area (Å²) in [5.74, 6) is 0.154. The molecule has 9 nitrogen and oxygen atoms in total. The zero-order valence-corrected chi connectivity index (χ0v) is 13.0. The Morgan fingerprint density at radius 2 is 1.88 bits per heavy atom. The number of rotatable bonds is 2. The van der Waals surface area contributed by atoms with Gasteiger partial charge in [-0.2, -0.15) is 4.98 Å². The van der Waals surface area contributed by atoms with E-state index in [2.05, 4.69) is 20.3 Å². The number of aromatic nitrogens is 5. The molecule has 3 aromatic heterocycles. The maximum absolute atomic E-state index is 12.1. The van der Waals surface area contributed by atoms with Crippen LogP contribution in [0.4, 0.5) is 5.95 Å². The van der Waals surface area contributed by atoms with Crippen molar-refractivity contribution < 1.29 is 0 Å². The second-order valence-electron chi connectivity index (χ2n) is 5.37. The fraction of sp³-hybridized carbons (Fsp3) is 0.133. The van der Waals surface area contributed by atoms with Gasteiger partial charge in [0.25, 0.3) is 11.5 Å². The lowest BCUT2D eigenvalue weighted by molar-refractivity contribution is 0.708. The van der Waals surface area contributed by atoms with Crippen molar-refractivity contribution in [2.45, 2.75) is 0 Å². The standard InChI is InChI=1S/C15H13N7O2/c1-20-12-11(13(23)21(2)15(20)24)16-14(17-12)18-19-22-8-7-9-5-3-4-6-10(9)22/h3-8H,1-2H3,(H,16,17)/b19-18+. The van der Waals surface area contributed by atoms with Crippen molar-refractivity contribution in [3.05, 3.63) is 57.4 Å². The smallest absolute Gasteiger partial charge is 0.315 e. The highest BCUT2D eigenvalue weighted by Gasteiger charge is 2.13. The van der Waals surface area contributed by atoms with Crippen molar-refractivity contribution in [3.8, 4) is 0 Å². The second-order valence-corrected chi connectivity index (χ2v) is 5.37. The van der Waals surface area contributed by atoms with Gasteiger partial charge < -0.3 is 4.98 Å². The zero-order chi connectivity index (χ0) is 16.8. The normalized spacial score (nSPS) is 11.9. The summed E-state index contributed by atoms with van der Waals surface area (Å²) in [4.78, 5) is 31.0. The van der Waals surface area contributed by atoms with Crippen LogP contribution in [0.5, 0.6) is 0 Å². The molecule has 0 atom stereocenters. The number of imidazole rings is 1. The highest BCUT2D eigenvalue weighted by atomic mass is 16.2. The molecule has 0 aliphatic carbocycles. The number of aryl methyl sites for hydroxylation is 1. The lowest BCUT2D eigenvalue weighted by Crippen LogP contribution is -2.36. The monoisotopic (exact) mass is 323 g/mol. The van der Waals surface area contributed by atoms with Crippen LogP contribution < -0.4 is 11.2 Å². The Kier molecular flexibility index (Phi) is 2.95. The van der Waals surface area contributed by atoms with E-state index in [1.54, 1.807) is 17.9 Å². The van der Waals surface area contributed by atoms with Crippen LogP contribution in [-0.4, -0.2) is 23.8 Å². The largest absolute Gasteiger partial charge is 0.332 e. The topological polar surface area (TPSA) is 102 Å². The molecule has 0 saturated heterocycles. The van der Waals surface area contributed by atoms with E-state index in [9.17, 15) is 9.59 Å². The van der Waals surface area contributed by atoms with E-state index in [0.29, 0.717) is 0 Å². The Morgan fingerprint density at radius 1 is 1.08 bits per heavy atom. The van der Waals surface area contributed by atoms with Crippen LogP contribution in [0.15, 0.2) is 56.5 Å². The average Bonchev–Trinajstić information content (AvgIpc) is 3.20. The third-order valence-corrected chi connectivity index (χ3v) is 3.90. The highest BCUT2D eigenvalue weighted by Crippen LogP contribution is 2.17. The number of benzene rings is 1. The molecule has 4 rings (SSSR count). The van der Waals surface area contributed by atoms with Crippen LogP contribution in [0.25, 0.3) is 22.1 Å². The summed E-state index contributed by atoms with van der Waals surface area (Å²) in [5, 5.41) is 9.19. The molecule has 4 aromatic rings. The number of hydrogen-bond acceptors (Lipinski definition) is 5. The maximum atomic E-state index is 12.1. The molecule has 0 fully saturated rings. The van der Waals surface area contributed by atoms with Gasteiger partial charge in [0.05, 0.1) is 5.52 Å². The Hall–Kier alpha value is -3.49. The van der Waals surface area contributed by atoms with Crippen molar-refractivity contribution in [1.82, 2.24) is 23.8 Å². The molecule has 1 aromatic carbocycles. The van der Waals surface area contributed by atoms with Gasteiger partial charge in [0.2, 0.25) is 0 Å². The molecule has 0 radical (unpaired) electrons. The molecule has 9 heteroatoms. The number of para-hydroxylation sites is 1. The summed E-state index contributed by atoms with van der Waals surface area (Å²) < 4.78 is 3.91. The van der Waals surface area contributed by atoms with Gasteiger partial charge in [-0.1, -0.05) is 28.5 Å². The van der Waals surface area contributed by atoms with Gasteiger partial charge in [0, 0.05) is 25.7 Å². The summed E-state index contributed by atoms with van der Waals surface area (Å²) in [6, 6.07) is 9.68. The fourth-order valence-electron chi connectivity index (χ4n) is 2.60. The molecule has 3 heterocycles. The van der Waals surface area contributed by atoms with E-state index >= 15 is 0 Å². The van der Waals surface area contributed by atoms with Crippen LogP contribution in [0, 0.1) is 0 Å². The van der Waals surface area contributed by atoms with Gasteiger partial charge in [-0.15, -0.1) is 0 Å². The summed E-state index contributed by atoms with van der Waals surface area (Å²) in [7, 11) is 2.96. The number of hydrogen-bond donors (Lipinski definition) is 1. The van der Waals surface area contributed by atoms with Crippen molar-refractivity contribution in [2.75, 3.05) is 0 Å². The summed E-state index contributed by atoms with van der Waals surface area (Å²) in [6.45, 7) is 0. The van der Waals surface area contributed by atoms with Crippen LogP contribution in [-0.2, 0) is 14.1 Å². The lowest BCUT2D eigenvalue weighted by Gasteiger charge is -2.00.